The summed E-state index contributed by atoms with van der Waals surface area (Å²) in [5.41, 5.74) is 7.09. The van der Waals surface area contributed by atoms with E-state index in [-0.39, 0.29) is 19.6 Å². The Kier molecular flexibility index (Phi) is 11.4. The molecule has 0 radical (unpaired) electrons. The largest absolute Gasteiger partial charge is 0.489 e. The Bertz CT molecular complexity index is 1190. The molecular weight excluding hydrogens is 589 g/mol. The number of carbonyl (C=O) groups excluding carboxylic acids is 3. The Labute approximate surface area is 254 Å². The maximum atomic E-state index is 13.1. The van der Waals surface area contributed by atoms with E-state index in [9.17, 15) is 14.4 Å². The SMILES string of the molecule is CN1CCN(CCOC(=O)N2CSCC2C(=O)NC(Cc2ccc(OCc3c(Cl)cccc3Cl)cc2)C(N)=O)CC1. The first kappa shape index (κ1) is 31.2. The molecule has 41 heavy (non-hydrogen) atoms. The molecule has 2 atom stereocenters. The van der Waals surface area contributed by atoms with E-state index in [1.54, 1.807) is 42.5 Å². The summed E-state index contributed by atoms with van der Waals surface area (Å²) in [5, 5.41) is 3.77. The van der Waals surface area contributed by atoms with E-state index in [0.29, 0.717) is 39.5 Å². The number of benzene rings is 2. The van der Waals surface area contributed by atoms with Crippen molar-refractivity contribution in [3.05, 3.63) is 63.6 Å². The van der Waals surface area contributed by atoms with Crippen LogP contribution in [0.15, 0.2) is 42.5 Å². The monoisotopic (exact) mass is 623 g/mol. The number of nitrogens with two attached hydrogens (primary N) is 1. The molecule has 2 aromatic carbocycles. The molecule has 10 nitrogen and oxygen atoms in total. The van der Waals surface area contributed by atoms with Crippen LogP contribution >= 0.6 is 35.0 Å². The molecule has 0 saturated carbocycles. The van der Waals surface area contributed by atoms with Gasteiger partial charge in [-0.15, -0.1) is 11.8 Å². The number of amides is 3. The van der Waals surface area contributed by atoms with E-state index in [4.69, 9.17) is 38.4 Å². The van der Waals surface area contributed by atoms with Crippen LogP contribution in [0.3, 0.4) is 0 Å². The highest BCUT2D eigenvalue weighted by Crippen LogP contribution is 2.26. The minimum absolute atomic E-state index is 0.188. The van der Waals surface area contributed by atoms with Crippen LogP contribution in [-0.4, -0.2) is 103 Å². The van der Waals surface area contributed by atoms with Crippen molar-refractivity contribution < 1.29 is 23.9 Å². The third-order valence-electron chi connectivity index (χ3n) is 7.12. The summed E-state index contributed by atoms with van der Waals surface area (Å²) >= 11 is 13.9. The van der Waals surface area contributed by atoms with E-state index in [1.165, 1.54) is 16.7 Å². The van der Waals surface area contributed by atoms with Gasteiger partial charge in [0.2, 0.25) is 11.8 Å². The molecule has 3 N–H and O–H groups in total. The maximum absolute atomic E-state index is 13.1. The van der Waals surface area contributed by atoms with Gasteiger partial charge in [-0.1, -0.05) is 41.4 Å². The molecule has 0 spiro atoms. The highest BCUT2D eigenvalue weighted by molar-refractivity contribution is 7.99. The fraction of sp³-hybridized carbons (Fsp3) is 0.464. The first-order valence-corrected chi connectivity index (χ1v) is 15.3. The van der Waals surface area contributed by atoms with Crippen LogP contribution in [0.4, 0.5) is 4.79 Å². The van der Waals surface area contributed by atoms with Gasteiger partial charge in [-0.25, -0.2) is 4.79 Å². The van der Waals surface area contributed by atoms with Gasteiger partial charge in [0.25, 0.3) is 0 Å². The molecule has 0 bridgehead atoms. The third kappa shape index (κ3) is 8.89. The molecule has 2 saturated heterocycles. The number of thioether (sulfide) groups is 1. The van der Waals surface area contributed by atoms with Crippen LogP contribution in [0, 0.1) is 0 Å². The smallest absolute Gasteiger partial charge is 0.411 e. The summed E-state index contributed by atoms with van der Waals surface area (Å²) in [6.07, 6.45) is -0.346. The number of rotatable bonds is 11. The first-order valence-electron chi connectivity index (χ1n) is 13.4. The van der Waals surface area contributed by atoms with Crippen LogP contribution in [0.25, 0.3) is 0 Å². The second-order valence-electron chi connectivity index (χ2n) is 10.0. The molecule has 13 heteroatoms. The third-order valence-corrected chi connectivity index (χ3v) is 8.84. The van der Waals surface area contributed by atoms with Crippen molar-refractivity contribution in [1.29, 1.82) is 0 Å². The Balaban J connectivity index is 1.27. The summed E-state index contributed by atoms with van der Waals surface area (Å²) in [7, 11) is 2.09. The molecule has 4 rings (SSSR count). The molecular formula is C28H35Cl2N5O5S. The summed E-state index contributed by atoms with van der Waals surface area (Å²) in [4.78, 5) is 44.0. The molecule has 2 fully saturated rings. The second-order valence-corrected chi connectivity index (χ2v) is 11.9. The lowest BCUT2D eigenvalue weighted by atomic mass is 10.0. The minimum Gasteiger partial charge on any atom is -0.489 e. The summed E-state index contributed by atoms with van der Waals surface area (Å²) < 4.78 is 11.3. The Morgan fingerprint density at radius 2 is 1.76 bits per heavy atom. The lowest BCUT2D eigenvalue weighted by Gasteiger charge is -2.32. The van der Waals surface area contributed by atoms with Crippen molar-refractivity contribution in [3.8, 4) is 5.75 Å². The number of likely N-dealkylation sites (N-methyl/N-ethyl adjacent to an activating group) is 1. The van der Waals surface area contributed by atoms with Crippen molar-refractivity contribution in [2.24, 2.45) is 5.73 Å². The van der Waals surface area contributed by atoms with Crippen LogP contribution < -0.4 is 15.8 Å². The molecule has 2 aliphatic rings. The van der Waals surface area contributed by atoms with Crippen molar-refractivity contribution in [3.63, 3.8) is 0 Å². The molecule has 0 aromatic heterocycles. The average Bonchev–Trinajstić information content (AvgIpc) is 3.45. The number of hydrogen-bond acceptors (Lipinski definition) is 8. The van der Waals surface area contributed by atoms with Crippen molar-refractivity contribution in [2.75, 3.05) is 58.0 Å². The molecule has 3 amide bonds. The number of halogens is 2. The van der Waals surface area contributed by atoms with Gasteiger partial charge in [-0.3, -0.25) is 19.4 Å². The van der Waals surface area contributed by atoms with Gasteiger partial charge < -0.3 is 25.4 Å². The van der Waals surface area contributed by atoms with Gasteiger partial charge >= 0.3 is 6.09 Å². The molecule has 2 unspecified atom stereocenters. The van der Waals surface area contributed by atoms with Crippen molar-refractivity contribution in [2.45, 2.75) is 25.1 Å². The van der Waals surface area contributed by atoms with Crippen LogP contribution in [-0.2, 0) is 27.4 Å². The number of piperazine rings is 1. The maximum Gasteiger partial charge on any atom is 0.411 e. The Hall–Kier alpha value is -2.70. The summed E-state index contributed by atoms with van der Waals surface area (Å²) in [6.45, 7) is 4.94. The molecule has 222 valence electrons. The topological polar surface area (TPSA) is 117 Å². The number of carbonyl (C=O) groups is 3. The lowest BCUT2D eigenvalue weighted by Crippen LogP contribution is -2.54. The van der Waals surface area contributed by atoms with Crippen molar-refractivity contribution in [1.82, 2.24) is 20.0 Å². The van der Waals surface area contributed by atoms with Gasteiger partial charge in [-0.05, 0) is 36.9 Å². The fourth-order valence-electron chi connectivity index (χ4n) is 4.53. The van der Waals surface area contributed by atoms with Crippen LogP contribution in [0.1, 0.15) is 11.1 Å². The number of ether oxygens (including phenoxy) is 2. The summed E-state index contributed by atoms with van der Waals surface area (Å²) in [6, 6.07) is 10.7. The van der Waals surface area contributed by atoms with Gasteiger partial charge in [0.05, 0.1) is 5.88 Å². The van der Waals surface area contributed by atoms with E-state index >= 15 is 0 Å². The van der Waals surface area contributed by atoms with Crippen LogP contribution in [0.2, 0.25) is 10.0 Å². The molecule has 2 aromatic rings. The highest BCUT2D eigenvalue weighted by atomic mass is 35.5. The van der Waals surface area contributed by atoms with Gasteiger partial charge in [0.15, 0.2) is 0 Å². The average molecular weight is 625 g/mol. The number of hydrogen-bond donors (Lipinski definition) is 2. The zero-order valence-corrected chi connectivity index (χ0v) is 25.2. The fourth-order valence-corrected chi connectivity index (χ4v) is 6.18. The Morgan fingerprint density at radius 1 is 1.07 bits per heavy atom. The van der Waals surface area contributed by atoms with E-state index in [0.717, 1.165) is 31.7 Å². The first-order chi connectivity index (χ1) is 19.7. The lowest BCUT2D eigenvalue weighted by molar-refractivity contribution is -0.129. The minimum atomic E-state index is -0.947. The standard InChI is InChI=1S/C28H35Cl2N5O5S/c1-33-9-11-34(12-10-33)13-14-39-28(38)35-18-41-17-25(35)27(37)32-24(26(31)36)15-19-5-7-20(8-6-19)40-16-21-22(29)3-2-4-23(21)30/h2-8,24-25H,9-18H2,1H3,(H2,31,36)(H,32,37). The summed E-state index contributed by atoms with van der Waals surface area (Å²) in [5.74, 6) is 0.236. The Morgan fingerprint density at radius 3 is 2.41 bits per heavy atom. The second kappa shape index (κ2) is 15.0. The zero-order chi connectivity index (χ0) is 29.4. The van der Waals surface area contributed by atoms with E-state index in [1.807, 2.05) is 0 Å². The quantitative estimate of drug-likeness (QED) is 0.392. The van der Waals surface area contributed by atoms with E-state index in [2.05, 4.69) is 22.2 Å². The highest BCUT2D eigenvalue weighted by Gasteiger charge is 2.37. The normalized spacial score (nSPS) is 18.6. The molecule has 2 heterocycles. The van der Waals surface area contributed by atoms with E-state index < -0.39 is 30.0 Å². The van der Waals surface area contributed by atoms with Gasteiger partial charge in [0.1, 0.15) is 31.0 Å². The van der Waals surface area contributed by atoms with Gasteiger partial charge in [0, 0.05) is 60.5 Å². The van der Waals surface area contributed by atoms with Crippen molar-refractivity contribution >= 4 is 52.9 Å². The predicted molar refractivity (Wildman–Crippen MR) is 160 cm³/mol. The van der Waals surface area contributed by atoms with Gasteiger partial charge in [-0.2, -0.15) is 0 Å². The number of nitrogens with one attached hydrogen (secondary N) is 1. The predicted octanol–water partition coefficient (Wildman–Crippen LogP) is 2.84. The van der Waals surface area contributed by atoms with Crippen LogP contribution in [0.5, 0.6) is 5.75 Å². The molecule has 2 aliphatic heterocycles. The number of primary amides is 1. The molecule has 0 aliphatic carbocycles. The zero-order valence-electron chi connectivity index (χ0n) is 22.9. The number of nitrogens with zero attached hydrogens (tertiary/aromatic N) is 3.